The number of ether oxygens (including phenoxy) is 1. The van der Waals surface area contributed by atoms with Gasteiger partial charge in [0, 0.05) is 23.4 Å². The minimum absolute atomic E-state index is 0.0680. The fraction of sp³-hybridized carbons (Fsp3) is 0.250. The summed E-state index contributed by atoms with van der Waals surface area (Å²) in [5, 5.41) is 22.3. The van der Waals surface area contributed by atoms with Crippen molar-refractivity contribution in [1.29, 1.82) is 0 Å². The summed E-state index contributed by atoms with van der Waals surface area (Å²) in [6.45, 7) is 2.93. The Labute approximate surface area is 118 Å². The van der Waals surface area contributed by atoms with Crippen molar-refractivity contribution in [3.05, 3.63) is 53.6 Å². The molecule has 0 spiro atoms. The van der Waals surface area contributed by atoms with Crippen molar-refractivity contribution in [3.63, 3.8) is 0 Å². The van der Waals surface area contributed by atoms with Crippen molar-refractivity contribution in [2.75, 3.05) is 11.9 Å². The van der Waals surface area contributed by atoms with E-state index < -0.39 is 0 Å². The number of aliphatic hydroxyl groups is 1. The van der Waals surface area contributed by atoms with Crippen molar-refractivity contribution in [3.8, 4) is 11.5 Å². The van der Waals surface area contributed by atoms with Gasteiger partial charge in [-0.2, -0.15) is 0 Å². The SMILES string of the molecule is CCOc1ccc(NCc2ccccc2O)cc1CO. The van der Waals surface area contributed by atoms with Crippen molar-refractivity contribution in [2.45, 2.75) is 20.1 Å². The summed E-state index contributed by atoms with van der Waals surface area (Å²) in [5.41, 5.74) is 2.45. The molecule has 0 aromatic heterocycles. The van der Waals surface area contributed by atoms with E-state index in [1.54, 1.807) is 12.1 Å². The summed E-state index contributed by atoms with van der Waals surface area (Å²) >= 11 is 0. The Morgan fingerprint density at radius 1 is 1.10 bits per heavy atom. The lowest BCUT2D eigenvalue weighted by Gasteiger charge is -2.12. The fourth-order valence-corrected chi connectivity index (χ4v) is 1.97. The zero-order valence-corrected chi connectivity index (χ0v) is 11.5. The highest BCUT2D eigenvalue weighted by Gasteiger charge is 2.05. The van der Waals surface area contributed by atoms with Crippen LogP contribution in [0.15, 0.2) is 42.5 Å². The smallest absolute Gasteiger partial charge is 0.124 e. The topological polar surface area (TPSA) is 61.7 Å². The molecule has 0 fully saturated rings. The summed E-state index contributed by atoms with van der Waals surface area (Å²) in [6, 6.07) is 12.8. The molecule has 3 N–H and O–H groups in total. The van der Waals surface area contributed by atoms with E-state index in [0.717, 1.165) is 16.8 Å². The van der Waals surface area contributed by atoms with Crippen LogP contribution in [0.1, 0.15) is 18.1 Å². The van der Waals surface area contributed by atoms with Gasteiger partial charge >= 0.3 is 0 Å². The van der Waals surface area contributed by atoms with Crippen LogP contribution in [0, 0.1) is 0 Å². The van der Waals surface area contributed by atoms with E-state index in [9.17, 15) is 10.2 Å². The van der Waals surface area contributed by atoms with E-state index >= 15 is 0 Å². The standard InChI is InChI=1S/C16H19NO3/c1-2-20-16-8-7-14(9-13(16)11-18)17-10-12-5-3-4-6-15(12)19/h3-9,17-19H,2,10-11H2,1H3. The number of rotatable bonds is 6. The van der Waals surface area contributed by atoms with Gasteiger partial charge in [0.2, 0.25) is 0 Å². The molecule has 0 unspecified atom stereocenters. The molecule has 2 rings (SSSR count). The molecule has 2 aromatic rings. The van der Waals surface area contributed by atoms with Crippen molar-refractivity contribution in [2.24, 2.45) is 0 Å². The van der Waals surface area contributed by atoms with Crippen LogP contribution < -0.4 is 10.1 Å². The minimum atomic E-state index is -0.0680. The second kappa shape index (κ2) is 6.82. The van der Waals surface area contributed by atoms with E-state index in [-0.39, 0.29) is 12.4 Å². The second-order valence-electron chi connectivity index (χ2n) is 4.40. The van der Waals surface area contributed by atoms with Gasteiger partial charge in [0.05, 0.1) is 13.2 Å². The molecule has 20 heavy (non-hydrogen) atoms. The highest BCUT2D eigenvalue weighted by molar-refractivity contribution is 5.52. The number of aromatic hydroxyl groups is 1. The first-order valence-corrected chi connectivity index (χ1v) is 6.62. The lowest BCUT2D eigenvalue weighted by atomic mass is 10.1. The van der Waals surface area contributed by atoms with E-state index in [4.69, 9.17) is 4.74 Å². The quantitative estimate of drug-likeness (QED) is 0.757. The third-order valence-corrected chi connectivity index (χ3v) is 3.01. The maximum absolute atomic E-state index is 9.70. The first-order chi connectivity index (χ1) is 9.74. The second-order valence-corrected chi connectivity index (χ2v) is 4.40. The Bertz CT molecular complexity index is 569. The molecular weight excluding hydrogens is 254 g/mol. The minimum Gasteiger partial charge on any atom is -0.508 e. The third-order valence-electron chi connectivity index (χ3n) is 3.01. The van der Waals surface area contributed by atoms with Crippen molar-refractivity contribution in [1.82, 2.24) is 0 Å². The van der Waals surface area contributed by atoms with Crippen LogP contribution in [0.2, 0.25) is 0 Å². The van der Waals surface area contributed by atoms with E-state index in [1.165, 1.54) is 0 Å². The molecule has 0 atom stereocenters. The molecular formula is C16H19NO3. The normalized spacial score (nSPS) is 10.3. The van der Waals surface area contributed by atoms with Crippen LogP contribution in [-0.2, 0) is 13.2 Å². The number of phenols is 1. The number of hydrogen-bond acceptors (Lipinski definition) is 4. The van der Waals surface area contributed by atoms with Gasteiger partial charge in [0.1, 0.15) is 11.5 Å². The molecule has 4 nitrogen and oxygen atoms in total. The van der Waals surface area contributed by atoms with Gasteiger partial charge in [-0.25, -0.2) is 0 Å². The van der Waals surface area contributed by atoms with Crippen LogP contribution in [0.5, 0.6) is 11.5 Å². The van der Waals surface area contributed by atoms with Crippen LogP contribution in [0.4, 0.5) is 5.69 Å². The first kappa shape index (κ1) is 14.2. The van der Waals surface area contributed by atoms with E-state index in [1.807, 2.05) is 37.3 Å². The number of phenolic OH excluding ortho intramolecular Hbond substituents is 1. The number of benzene rings is 2. The van der Waals surface area contributed by atoms with Gasteiger partial charge in [-0.15, -0.1) is 0 Å². The summed E-state index contributed by atoms with van der Waals surface area (Å²) < 4.78 is 5.44. The zero-order chi connectivity index (χ0) is 14.4. The highest BCUT2D eigenvalue weighted by Crippen LogP contribution is 2.24. The van der Waals surface area contributed by atoms with Crippen molar-refractivity contribution < 1.29 is 14.9 Å². The maximum atomic E-state index is 9.70. The van der Waals surface area contributed by atoms with Gasteiger partial charge in [0.25, 0.3) is 0 Å². The molecule has 2 aromatic carbocycles. The Hall–Kier alpha value is -2.20. The average Bonchev–Trinajstić information content (AvgIpc) is 2.48. The Morgan fingerprint density at radius 2 is 1.90 bits per heavy atom. The molecule has 0 saturated carbocycles. The van der Waals surface area contributed by atoms with Crippen LogP contribution in [0.3, 0.4) is 0 Å². The molecule has 4 heteroatoms. The Kier molecular flexibility index (Phi) is 4.85. The lowest BCUT2D eigenvalue weighted by Crippen LogP contribution is -2.02. The third kappa shape index (κ3) is 3.42. The number of para-hydroxylation sites is 1. The Morgan fingerprint density at radius 3 is 2.60 bits per heavy atom. The van der Waals surface area contributed by atoms with Gasteiger partial charge < -0.3 is 20.3 Å². The zero-order valence-electron chi connectivity index (χ0n) is 11.5. The summed E-state index contributed by atoms with van der Waals surface area (Å²) in [6.07, 6.45) is 0. The van der Waals surface area contributed by atoms with Gasteiger partial charge in [0.15, 0.2) is 0 Å². The molecule has 0 aliphatic carbocycles. The summed E-state index contributed by atoms with van der Waals surface area (Å²) in [5.74, 6) is 0.969. The average molecular weight is 273 g/mol. The Balaban J connectivity index is 2.08. The number of hydrogen-bond donors (Lipinski definition) is 3. The van der Waals surface area contributed by atoms with E-state index in [2.05, 4.69) is 5.32 Å². The van der Waals surface area contributed by atoms with E-state index in [0.29, 0.717) is 18.9 Å². The molecule has 0 bridgehead atoms. The number of anilines is 1. The van der Waals surface area contributed by atoms with Crippen LogP contribution in [0.25, 0.3) is 0 Å². The molecule has 0 aliphatic rings. The largest absolute Gasteiger partial charge is 0.508 e. The maximum Gasteiger partial charge on any atom is 0.124 e. The number of aliphatic hydroxyl groups excluding tert-OH is 1. The number of nitrogens with one attached hydrogen (secondary N) is 1. The summed E-state index contributed by atoms with van der Waals surface area (Å²) in [7, 11) is 0. The molecule has 0 saturated heterocycles. The highest BCUT2D eigenvalue weighted by atomic mass is 16.5. The first-order valence-electron chi connectivity index (χ1n) is 6.62. The van der Waals surface area contributed by atoms with Crippen molar-refractivity contribution >= 4 is 5.69 Å². The fourth-order valence-electron chi connectivity index (χ4n) is 1.97. The molecule has 0 amide bonds. The van der Waals surface area contributed by atoms with Crippen LogP contribution in [-0.4, -0.2) is 16.8 Å². The monoisotopic (exact) mass is 273 g/mol. The van der Waals surface area contributed by atoms with Gasteiger partial charge in [-0.1, -0.05) is 18.2 Å². The molecule has 106 valence electrons. The predicted molar refractivity (Wildman–Crippen MR) is 79.0 cm³/mol. The molecule has 0 heterocycles. The van der Waals surface area contributed by atoms with Crippen LogP contribution >= 0.6 is 0 Å². The van der Waals surface area contributed by atoms with Gasteiger partial charge in [-0.3, -0.25) is 0 Å². The predicted octanol–water partition coefficient (Wildman–Crippen LogP) is 2.90. The summed E-state index contributed by atoms with van der Waals surface area (Å²) in [4.78, 5) is 0. The van der Waals surface area contributed by atoms with Gasteiger partial charge in [-0.05, 0) is 31.2 Å². The molecule has 0 aliphatic heterocycles. The molecule has 0 radical (unpaired) electrons. The lowest BCUT2D eigenvalue weighted by molar-refractivity contribution is 0.267.